The van der Waals surface area contributed by atoms with Crippen molar-refractivity contribution in [2.75, 3.05) is 27.4 Å². The molecule has 4 aromatic rings. The Morgan fingerprint density at radius 2 is 1.47 bits per heavy atom. The second kappa shape index (κ2) is 15.7. The van der Waals surface area contributed by atoms with Gasteiger partial charge in [-0.1, -0.05) is 38.0 Å². The molecule has 3 aliphatic heterocycles. The first-order valence-electron chi connectivity index (χ1n) is 20.7. The number of aromatic amines is 2. The van der Waals surface area contributed by atoms with E-state index < -0.39 is 24.3 Å². The van der Waals surface area contributed by atoms with Crippen LogP contribution in [-0.2, 0) is 23.8 Å². The zero-order chi connectivity index (χ0) is 40.9. The molecule has 3 saturated heterocycles. The Morgan fingerprint density at radius 1 is 0.814 bits per heavy atom. The third kappa shape index (κ3) is 7.62. The highest BCUT2D eigenvalue weighted by molar-refractivity contribution is 5.89. The predicted octanol–water partition coefficient (Wildman–Crippen LogP) is 5.21. The number of fused-ring (bicyclic) bond motifs is 3. The number of rotatable bonds is 9. The van der Waals surface area contributed by atoms with Crippen molar-refractivity contribution in [1.29, 1.82) is 0 Å². The van der Waals surface area contributed by atoms with Gasteiger partial charge >= 0.3 is 12.2 Å². The average Bonchev–Trinajstić information content (AvgIpc) is 3.85. The van der Waals surface area contributed by atoms with Gasteiger partial charge in [-0.2, -0.15) is 0 Å². The highest BCUT2D eigenvalue weighted by atomic mass is 16.5. The van der Waals surface area contributed by atoms with Gasteiger partial charge in [0.05, 0.1) is 51.0 Å². The Kier molecular flexibility index (Phi) is 10.3. The number of piperidine rings is 2. The van der Waals surface area contributed by atoms with Gasteiger partial charge in [0.1, 0.15) is 29.4 Å². The Hall–Kier alpha value is -5.88. The summed E-state index contributed by atoms with van der Waals surface area (Å²) >= 11 is 0. The molecule has 5 heterocycles. The van der Waals surface area contributed by atoms with Crippen molar-refractivity contribution in [2.45, 2.75) is 88.6 Å². The molecular formula is C44H50N8O7. The van der Waals surface area contributed by atoms with Crippen molar-refractivity contribution in [3.8, 4) is 23.1 Å². The van der Waals surface area contributed by atoms with Crippen LogP contribution in [0.3, 0.4) is 0 Å². The van der Waals surface area contributed by atoms with Crippen molar-refractivity contribution < 1.29 is 33.4 Å². The van der Waals surface area contributed by atoms with Gasteiger partial charge in [0.15, 0.2) is 0 Å². The van der Waals surface area contributed by atoms with Crippen molar-refractivity contribution in [3.05, 3.63) is 71.7 Å². The molecule has 2 aromatic carbocycles. The Labute approximate surface area is 342 Å². The van der Waals surface area contributed by atoms with E-state index >= 15 is 0 Å². The summed E-state index contributed by atoms with van der Waals surface area (Å²) in [6.07, 6.45) is 7.49. The molecule has 0 spiro atoms. The van der Waals surface area contributed by atoms with Gasteiger partial charge < -0.3 is 44.6 Å². The number of H-pyrrole nitrogens is 2. The van der Waals surface area contributed by atoms with E-state index in [0.717, 1.165) is 71.9 Å². The molecule has 9 rings (SSSR count). The first-order valence-corrected chi connectivity index (χ1v) is 20.7. The van der Waals surface area contributed by atoms with E-state index in [4.69, 9.17) is 19.2 Å². The number of nitrogens with zero attached hydrogens (tertiary/aromatic N) is 4. The summed E-state index contributed by atoms with van der Waals surface area (Å²) in [6, 6.07) is 10.8. The lowest BCUT2D eigenvalue weighted by Gasteiger charge is -2.35. The zero-order valence-corrected chi connectivity index (χ0v) is 33.7. The molecule has 59 heavy (non-hydrogen) atoms. The second-order valence-corrected chi connectivity index (χ2v) is 17.0. The minimum Gasteiger partial charge on any atom is -0.453 e. The monoisotopic (exact) mass is 802 g/mol. The maximum absolute atomic E-state index is 14.2. The SMILES string of the molecule is COC(=O)N[C@H](C(=O)N1C2C[C@@H]2C[C@H]1c1ncc(C#Cc2ccc3cc(-c4cnc([C@@H]5C[C@H]6C[C@H]6N5C(=O)[C@@H](NC(=O)OC)[C@@H]5CCCOC5)[nH]4)ccc3c2)[nH]1)C(C)C. The molecule has 15 heteroatoms. The molecule has 2 aromatic heterocycles. The number of likely N-dealkylation sites (tertiary alicyclic amines) is 2. The summed E-state index contributed by atoms with van der Waals surface area (Å²) in [5.41, 5.74) is 3.34. The molecule has 308 valence electrons. The Bertz CT molecular complexity index is 2340. The number of aromatic nitrogens is 4. The molecular weight excluding hydrogens is 753 g/mol. The fourth-order valence-electron chi connectivity index (χ4n) is 9.50. The number of nitrogens with one attached hydrogen (secondary N) is 4. The quantitative estimate of drug-likeness (QED) is 0.165. The van der Waals surface area contributed by atoms with Crippen LogP contribution < -0.4 is 10.6 Å². The van der Waals surface area contributed by atoms with Gasteiger partial charge in [0.2, 0.25) is 11.8 Å². The fourth-order valence-corrected chi connectivity index (χ4v) is 9.50. The standard InChI is InChI=1S/C44H50N8O7/c1-23(2)37(49-43(55)57-3)41(53)51-33-16-29(33)18-35(51)39-45-20-31(47-39)12-8-24-7-9-26-15-27(11-10-25(26)14-24)32-21-46-40(48-32)36-19-30-17-34(30)52(36)42(54)38(50-44(56)58-4)28-6-5-13-59-22-28/h7,9-11,14-15,20-21,23,28-30,33-38H,5-6,13,16-19,22H2,1-4H3,(H,45,47)(H,46,48)(H,49,55)(H,50,56)/t28-,29-,30-,33?,34-,35+,36+,37+,38+/m1/s1. The van der Waals surface area contributed by atoms with E-state index in [0.29, 0.717) is 36.6 Å². The van der Waals surface area contributed by atoms with E-state index in [1.165, 1.54) is 14.2 Å². The van der Waals surface area contributed by atoms with Crippen LogP contribution in [0.1, 0.15) is 87.4 Å². The summed E-state index contributed by atoms with van der Waals surface area (Å²) in [5, 5.41) is 7.62. The maximum atomic E-state index is 14.2. The largest absolute Gasteiger partial charge is 0.453 e. The molecule has 2 saturated carbocycles. The van der Waals surface area contributed by atoms with Crippen LogP contribution >= 0.6 is 0 Å². The number of alkyl carbamates (subject to hydrolysis) is 2. The van der Waals surface area contributed by atoms with Crippen LogP contribution in [0.4, 0.5) is 9.59 Å². The van der Waals surface area contributed by atoms with Crippen LogP contribution in [0.2, 0.25) is 0 Å². The van der Waals surface area contributed by atoms with Gasteiger partial charge in [-0.15, -0.1) is 0 Å². The lowest BCUT2D eigenvalue weighted by molar-refractivity contribution is -0.138. The minimum atomic E-state index is -0.724. The summed E-state index contributed by atoms with van der Waals surface area (Å²) in [4.78, 5) is 72.4. The summed E-state index contributed by atoms with van der Waals surface area (Å²) in [6.45, 7) is 4.90. The lowest BCUT2D eigenvalue weighted by atomic mass is 9.92. The maximum Gasteiger partial charge on any atom is 0.407 e. The number of carbonyl (C=O) groups is 4. The van der Waals surface area contributed by atoms with Crippen LogP contribution in [0.5, 0.6) is 0 Å². The molecule has 1 unspecified atom stereocenters. The van der Waals surface area contributed by atoms with Crippen LogP contribution in [0.25, 0.3) is 22.0 Å². The smallest absolute Gasteiger partial charge is 0.407 e. The van der Waals surface area contributed by atoms with Crippen LogP contribution in [0, 0.1) is 35.5 Å². The van der Waals surface area contributed by atoms with Gasteiger partial charge in [-0.05, 0) is 91.2 Å². The van der Waals surface area contributed by atoms with E-state index in [1.807, 2.05) is 35.9 Å². The van der Waals surface area contributed by atoms with E-state index in [-0.39, 0.29) is 47.8 Å². The number of amides is 4. The van der Waals surface area contributed by atoms with E-state index in [2.05, 4.69) is 67.8 Å². The highest BCUT2D eigenvalue weighted by Gasteiger charge is 2.57. The molecule has 2 aliphatic carbocycles. The average molecular weight is 803 g/mol. The number of benzene rings is 2. The topological polar surface area (TPSA) is 184 Å². The predicted molar refractivity (Wildman–Crippen MR) is 215 cm³/mol. The highest BCUT2D eigenvalue weighted by Crippen LogP contribution is 2.54. The van der Waals surface area contributed by atoms with Crippen LogP contribution in [0.15, 0.2) is 48.8 Å². The van der Waals surface area contributed by atoms with E-state index in [9.17, 15) is 19.2 Å². The number of carbonyl (C=O) groups excluding carboxylic acids is 4. The second-order valence-electron chi connectivity index (χ2n) is 17.0. The van der Waals surface area contributed by atoms with Crippen molar-refractivity contribution in [3.63, 3.8) is 0 Å². The van der Waals surface area contributed by atoms with Gasteiger partial charge in [0, 0.05) is 35.7 Å². The number of ether oxygens (including phenoxy) is 3. The van der Waals surface area contributed by atoms with Gasteiger partial charge in [0.25, 0.3) is 0 Å². The normalized spacial score (nSPS) is 26.3. The zero-order valence-electron chi connectivity index (χ0n) is 33.7. The summed E-state index contributed by atoms with van der Waals surface area (Å²) < 4.78 is 15.4. The number of hydrogen-bond donors (Lipinski definition) is 4. The molecule has 0 radical (unpaired) electrons. The molecule has 4 amide bonds. The summed E-state index contributed by atoms with van der Waals surface area (Å²) in [5.74, 6) is 8.31. The minimum absolute atomic E-state index is 0.105. The molecule has 0 bridgehead atoms. The molecule has 15 nitrogen and oxygen atoms in total. The van der Waals surface area contributed by atoms with Gasteiger partial charge in [-0.3, -0.25) is 9.59 Å². The van der Waals surface area contributed by atoms with Crippen LogP contribution in [-0.4, -0.2) is 105 Å². The lowest BCUT2D eigenvalue weighted by Crippen LogP contribution is -2.54. The fraction of sp³-hybridized carbons (Fsp3) is 0.500. The van der Waals surface area contributed by atoms with Crippen molar-refractivity contribution >= 4 is 34.8 Å². The summed E-state index contributed by atoms with van der Waals surface area (Å²) in [7, 11) is 2.60. The van der Waals surface area contributed by atoms with Crippen molar-refractivity contribution in [2.24, 2.45) is 23.7 Å². The molecule has 9 atom stereocenters. The molecule has 4 N–H and O–H groups in total. The first kappa shape index (κ1) is 38.6. The first-order chi connectivity index (χ1) is 28.6. The molecule has 5 aliphatic rings. The molecule has 5 fully saturated rings. The number of imidazole rings is 2. The third-order valence-corrected chi connectivity index (χ3v) is 12.8. The Balaban J connectivity index is 0.881. The van der Waals surface area contributed by atoms with Crippen molar-refractivity contribution in [1.82, 2.24) is 40.4 Å². The van der Waals surface area contributed by atoms with E-state index in [1.54, 1.807) is 6.20 Å². The Morgan fingerprint density at radius 3 is 2.17 bits per heavy atom. The number of hydrogen-bond acceptors (Lipinski definition) is 9. The third-order valence-electron chi connectivity index (χ3n) is 12.8. The van der Waals surface area contributed by atoms with Gasteiger partial charge in [-0.25, -0.2) is 19.6 Å². The number of methoxy groups -OCH3 is 2.